The van der Waals surface area contributed by atoms with Crippen LogP contribution in [-0.4, -0.2) is 13.1 Å². The Kier molecular flexibility index (Phi) is 5.45. The average molecular weight is 438 g/mol. The van der Waals surface area contributed by atoms with Crippen LogP contribution in [0.1, 0.15) is 53.9 Å². The van der Waals surface area contributed by atoms with E-state index in [0.29, 0.717) is 5.92 Å². The molecule has 1 heterocycles. The molecule has 0 radical (unpaired) electrons. The van der Waals surface area contributed by atoms with E-state index in [1.54, 1.807) is 0 Å². The first-order chi connectivity index (χ1) is 15.3. The van der Waals surface area contributed by atoms with Crippen LogP contribution in [0.5, 0.6) is 0 Å². The number of rotatable bonds is 4. The summed E-state index contributed by atoms with van der Waals surface area (Å²) in [6.45, 7) is 11.8. The Morgan fingerprint density at radius 1 is 0.906 bits per heavy atom. The molecule has 0 aliphatic heterocycles. The summed E-state index contributed by atoms with van der Waals surface area (Å²) in [5.41, 5.74) is 9.28. The van der Waals surface area contributed by atoms with Crippen molar-refractivity contribution in [2.24, 2.45) is 0 Å². The maximum Gasteiger partial charge on any atom is 0.0717 e. The van der Waals surface area contributed by atoms with Gasteiger partial charge in [0.05, 0.1) is 11.2 Å². The van der Waals surface area contributed by atoms with Gasteiger partial charge in [0.2, 0.25) is 0 Å². The molecule has 1 aliphatic carbocycles. The molecule has 0 bridgehead atoms. The van der Waals surface area contributed by atoms with Crippen LogP contribution < -0.4 is 0 Å². The van der Waals surface area contributed by atoms with Crippen molar-refractivity contribution in [2.45, 2.75) is 71.1 Å². The molecule has 0 unspecified atom stereocenters. The molecule has 3 aromatic carbocycles. The van der Waals surface area contributed by atoms with Crippen molar-refractivity contribution >= 4 is 29.7 Å². The smallest absolute Gasteiger partial charge is 0.0717 e. The highest BCUT2D eigenvalue weighted by Crippen LogP contribution is 2.41. The molecule has 1 nitrogen and oxygen atoms in total. The van der Waals surface area contributed by atoms with Gasteiger partial charge in [0.1, 0.15) is 0 Å². The highest BCUT2D eigenvalue weighted by molar-refractivity contribution is 6.75. The van der Waals surface area contributed by atoms with E-state index in [1.807, 2.05) is 0 Å². The maximum absolute atomic E-state index is 5.25. The van der Waals surface area contributed by atoms with Crippen LogP contribution in [0.15, 0.2) is 54.6 Å². The minimum absolute atomic E-state index is 0.669. The summed E-state index contributed by atoms with van der Waals surface area (Å²) < 4.78 is 0. The number of hydrogen-bond donors (Lipinski definition) is 0. The third-order valence-electron chi connectivity index (χ3n) is 7.04. The van der Waals surface area contributed by atoms with E-state index in [-0.39, 0.29) is 0 Å². The first-order valence-electron chi connectivity index (χ1n) is 12.2. The molecular formula is C30H35NSi. The van der Waals surface area contributed by atoms with Crippen LogP contribution in [0.25, 0.3) is 32.9 Å². The molecule has 0 amide bonds. The van der Waals surface area contributed by atoms with E-state index in [0.717, 1.165) is 5.69 Å². The van der Waals surface area contributed by atoms with Crippen molar-refractivity contribution < 1.29 is 0 Å². The lowest BCUT2D eigenvalue weighted by atomic mass is 9.89. The summed E-state index contributed by atoms with van der Waals surface area (Å²) in [6, 6.07) is 21.9. The van der Waals surface area contributed by atoms with E-state index in [1.165, 1.54) is 81.2 Å². The van der Waals surface area contributed by atoms with Gasteiger partial charge in [-0.05, 0) is 95.9 Å². The predicted molar refractivity (Wildman–Crippen MR) is 142 cm³/mol. The zero-order valence-corrected chi connectivity index (χ0v) is 21.3. The molecule has 0 saturated heterocycles. The van der Waals surface area contributed by atoms with Gasteiger partial charge in [-0.2, -0.15) is 0 Å². The van der Waals surface area contributed by atoms with Gasteiger partial charge in [-0.3, -0.25) is 0 Å². The van der Waals surface area contributed by atoms with Gasteiger partial charge in [0.15, 0.2) is 0 Å². The Morgan fingerprint density at radius 3 is 2.41 bits per heavy atom. The van der Waals surface area contributed by atoms with Crippen LogP contribution in [0, 0.1) is 13.8 Å². The second-order valence-corrected chi connectivity index (χ2v) is 16.6. The third kappa shape index (κ3) is 4.13. The van der Waals surface area contributed by atoms with Crippen molar-refractivity contribution in [1.82, 2.24) is 4.98 Å². The summed E-state index contributed by atoms with van der Waals surface area (Å²) in [5, 5.41) is 4.14. The monoisotopic (exact) mass is 437 g/mol. The number of fused-ring (bicyclic) bond motifs is 2. The number of aryl methyl sites for hydroxylation is 2. The van der Waals surface area contributed by atoms with Gasteiger partial charge >= 0.3 is 0 Å². The first kappa shape index (κ1) is 21.4. The summed E-state index contributed by atoms with van der Waals surface area (Å²) in [6.07, 6.45) is 5.32. The molecule has 1 saturated carbocycles. The van der Waals surface area contributed by atoms with Crippen molar-refractivity contribution in [2.75, 3.05) is 0 Å². The van der Waals surface area contributed by atoms with Gasteiger partial charge in [-0.25, -0.2) is 4.98 Å². The molecule has 1 fully saturated rings. The molecule has 32 heavy (non-hydrogen) atoms. The number of hydrogen-bond acceptors (Lipinski definition) is 1. The molecule has 0 N–H and O–H groups in total. The maximum atomic E-state index is 5.25. The first-order valence-corrected chi connectivity index (χ1v) is 15.9. The Balaban J connectivity index is 1.76. The lowest BCUT2D eigenvalue weighted by Crippen LogP contribution is -2.24. The summed E-state index contributed by atoms with van der Waals surface area (Å²) in [5.74, 6) is 0.669. The standard InChI is InChI=1S/C30H35NSi/c1-20-14-21(2)30-27(22-10-6-7-11-22)18-28(31-29(30)15-20)24-16-23-12-8-9-13-26(23)25(17-24)19-32(3,4)5/h8-9,12-18,22H,6-7,10-11,19H2,1-5H3. The van der Waals surface area contributed by atoms with Crippen molar-refractivity contribution in [3.8, 4) is 11.3 Å². The quantitative estimate of drug-likeness (QED) is 0.291. The third-order valence-corrected chi connectivity index (χ3v) is 8.48. The lowest BCUT2D eigenvalue weighted by molar-refractivity contribution is 0.728. The Morgan fingerprint density at radius 2 is 1.66 bits per heavy atom. The number of aromatic nitrogens is 1. The molecule has 0 atom stereocenters. The van der Waals surface area contributed by atoms with E-state index >= 15 is 0 Å². The average Bonchev–Trinajstić information content (AvgIpc) is 3.26. The zero-order chi connectivity index (χ0) is 22.5. The summed E-state index contributed by atoms with van der Waals surface area (Å²) in [7, 11) is -1.25. The van der Waals surface area contributed by atoms with Crippen molar-refractivity contribution in [3.63, 3.8) is 0 Å². The fourth-order valence-corrected chi connectivity index (χ4v) is 7.19. The molecule has 4 aromatic rings. The van der Waals surface area contributed by atoms with Gasteiger partial charge in [-0.1, -0.05) is 62.8 Å². The minimum atomic E-state index is -1.25. The second-order valence-electron chi connectivity index (χ2n) is 11.1. The van der Waals surface area contributed by atoms with Crippen LogP contribution >= 0.6 is 0 Å². The molecular weight excluding hydrogens is 402 g/mol. The Hall–Kier alpha value is -2.45. The Bertz CT molecular complexity index is 1310. The van der Waals surface area contributed by atoms with Gasteiger partial charge in [-0.15, -0.1) is 0 Å². The highest BCUT2D eigenvalue weighted by Gasteiger charge is 2.23. The predicted octanol–water partition coefficient (Wildman–Crippen LogP) is 8.75. The largest absolute Gasteiger partial charge is 0.248 e. The molecule has 5 rings (SSSR count). The van der Waals surface area contributed by atoms with Crippen molar-refractivity contribution in [1.29, 1.82) is 0 Å². The van der Waals surface area contributed by atoms with Crippen LogP contribution in [-0.2, 0) is 6.04 Å². The molecule has 164 valence electrons. The van der Waals surface area contributed by atoms with Gasteiger partial charge in [0.25, 0.3) is 0 Å². The van der Waals surface area contributed by atoms with E-state index in [9.17, 15) is 0 Å². The van der Waals surface area contributed by atoms with Gasteiger partial charge < -0.3 is 0 Å². The fraction of sp³-hybridized carbons (Fsp3) is 0.367. The lowest BCUT2D eigenvalue weighted by Gasteiger charge is -2.20. The molecule has 2 heteroatoms. The van der Waals surface area contributed by atoms with Gasteiger partial charge in [0, 0.05) is 19.0 Å². The van der Waals surface area contributed by atoms with Crippen LogP contribution in [0.4, 0.5) is 0 Å². The topological polar surface area (TPSA) is 12.9 Å². The fourth-order valence-electron chi connectivity index (χ4n) is 5.75. The number of benzene rings is 3. The number of nitrogens with zero attached hydrogens (tertiary/aromatic N) is 1. The summed E-state index contributed by atoms with van der Waals surface area (Å²) >= 11 is 0. The molecule has 1 aromatic heterocycles. The highest BCUT2D eigenvalue weighted by atomic mass is 28.3. The second kappa shape index (κ2) is 8.15. The number of pyridine rings is 1. The molecule has 0 spiro atoms. The van der Waals surface area contributed by atoms with E-state index in [2.05, 4.69) is 88.1 Å². The summed E-state index contributed by atoms with van der Waals surface area (Å²) in [4.78, 5) is 5.25. The van der Waals surface area contributed by atoms with E-state index in [4.69, 9.17) is 4.98 Å². The SMILES string of the molecule is Cc1cc(C)c2c(C3CCCC3)cc(-c3cc(C[Si](C)(C)C)c4ccccc4c3)nc2c1. The Labute approximate surface area is 193 Å². The van der Waals surface area contributed by atoms with Crippen LogP contribution in [0.2, 0.25) is 19.6 Å². The van der Waals surface area contributed by atoms with Crippen LogP contribution in [0.3, 0.4) is 0 Å². The van der Waals surface area contributed by atoms with Crippen molar-refractivity contribution in [3.05, 3.63) is 76.9 Å². The zero-order valence-electron chi connectivity index (χ0n) is 20.3. The molecule has 1 aliphatic rings. The minimum Gasteiger partial charge on any atom is -0.248 e. The normalized spacial score (nSPS) is 15.2. The van der Waals surface area contributed by atoms with E-state index < -0.39 is 8.07 Å².